The minimum atomic E-state index is -5.87. The van der Waals surface area contributed by atoms with Crippen molar-refractivity contribution >= 4 is 57.5 Å². The van der Waals surface area contributed by atoms with Crippen molar-refractivity contribution in [3.8, 4) is 22.8 Å². The number of thioether (sulfide) groups is 1. The Morgan fingerprint density at radius 1 is 1.02 bits per heavy atom. The summed E-state index contributed by atoms with van der Waals surface area (Å²) in [5.74, 6) is -1.19. The lowest BCUT2D eigenvalue weighted by molar-refractivity contribution is -0.360. The molecule has 3 aromatic carbocycles. The molecule has 0 spiro atoms. The lowest BCUT2D eigenvalue weighted by atomic mass is 10.1. The highest BCUT2D eigenvalue weighted by Gasteiger charge is 2.61. The van der Waals surface area contributed by atoms with Crippen LogP contribution in [-0.2, 0) is 11.0 Å². The Bertz CT molecular complexity index is 1890. The number of amidine groups is 1. The van der Waals surface area contributed by atoms with Crippen molar-refractivity contribution in [2.24, 2.45) is 4.99 Å². The Morgan fingerprint density at radius 2 is 1.69 bits per heavy atom. The number of rotatable bonds is 8. The molecule has 1 aliphatic heterocycles. The number of aliphatic imine (C=N–C) groups is 1. The fourth-order valence-electron chi connectivity index (χ4n) is 4.29. The summed E-state index contributed by atoms with van der Waals surface area (Å²) in [6.45, 7) is 1.78. The van der Waals surface area contributed by atoms with Gasteiger partial charge in [0.15, 0.2) is 11.0 Å². The summed E-state index contributed by atoms with van der Waals surface area (Å²) in [6, 6.07) is 13.8. The standard InChI is InChI=1S/C29H20ClF8N7O2S2/c1-15(41-42-25(48)40-26-45(23(46)13-49-26)22-12-18(30)6-11-21(22)27(31,32)33)16-2-4-17(5-3-16)24-39-14-44(43-24)19-7-9-20(10-8-19)47-29(37,38)28(34,35)36/h2-12,14-15,41H,13H2,1H3,(H,42,48). The van der Waals surface area contributed by atoms with E-state index in [1.807, 2.05) is 0 Å². The van der Waals surface area contributed by atoms with E-state index in [-0.39, 0.29) is 32.9 Å². The molecule has 2 N–H and O–H groups in total. The van der Waals surface area contributed by atoms with Gasteiger partial charge in [0.05, 0.1) is 22.7 Å². The second kappa shape index (κ2) is 13.9. The molecule has 258 valence electrons. The highest BCUT2D eigenvalue weighted by Crippen LogP contribution is 2.41. The van der Waals surface area contributed by atoms with Crippen LogP contribution in [-0.4, -0.2) is 49.0 Å². The van der Waals surface area contributed by atoms with Gasteiger partial charge in [0.25, 0.3) is 0 Å². The molecular formula is C29H20ClF8N7O2S2. The first-order valence-corrected chi connectivity index (χ1v) is 15.4. The van der Waals surface area contributed by atoms with Crippen molar-refractivity contribution in [1.29, 1.82) is 0 Å². The van der Waals surface area contributed by atoms with E-state index < -0.39 is 41.4 Å². The van der Waals surface area contributed by atoms with E-state index >= 15 is 0 Å². The molecule has 2 heterocycles. The van der Waals surface area contributed by atoms with Gasteiger partial charge in [-0.3, -0.25) is 15.1 Å². The zero-order valence-electron chi connectivity index (χ0n) is 24.5. The lowest BCUT2D eigenvalue weighted by Crippen LogP contribution is -2.41. The molecule has 1 atom stereocenters. The Labute approximate surface area is 286 Å². The van der Waals surface area contributed by atoms with Gasteiger partial charge in [0.1, 0.15) is 12.1 Å². The quantitative estimate of drug-likeness (QED) is 0.108. The summed E-state index contributed by atoms with van der Waals surface area (Å²) in [5.41, 5.74) is 5.79. The summed E-state index contributed by atoms with van der Waals surface area (Å²) in [5, 5.41) is 4.10. The molecule has 1 aromatic heterocycles. The van der Waals surface area contributed by atoms with E-state index in [1.54, 1.807) is 31.2 Å². The third-order valence-corrected chi connectivity index (χ3v) is 8.05. The first kappa shape index (κ1) is 36.0. The normalized spacial score (nSPS) is 15.5. The topological polar surface area (TPSA) is 96.7 Å². The fourth-order valence-corrected chi connectivity index (χ4v) is 5.53. The number of nitrogens with zero attached hydrogens (tertiary/aromatic N) is 5. The third-order valence-electron chi connectivity index (χ3n) is 6.70. The van der Waals surface area contributed by atoms with Gasteiger partial charge in [-0.1, -0.05) is 47.6 Å². The maximum absolute atomic E-state index is 13.7. The molecule has 0 aliphatic carbocycles. The maximum atomic E-state index is 13.7. The molecule has 5 rings (SSSR count). The lowest BCUT2D eigenvalue weighted by Gasteiger charge is -2.21. The number of halogens is 9. The largest absolute Gasteiger partial charge is 0.499 e. The molecule has 0 radical (unpaired) electrons. The number of benzene rings is 3. The summed E-state index contributed by atoms with van der Waals surface area (Å²) in [4.78, 5) is 21.7. The van der Waals surface area contributed by atoms with Crippen molar-refractivity contribution < 1.29 is 44.7 Å². The van der Waals surface area contributed by atoms with Crippen LogP contribution in [0.4, 0.5) is 40.8 Å². The number of anilines is 1. The van der Waals surface area contributed by atoms with Crippen molar-refractivity contribution in [1.82, 2.24) is 25.6 Å². The van der Waals surface area contributed by atoms with Crippen LogP contribution in [0.1, 0.15) is 24.1 Å². The van der Waals surface area contributed by atoms with Crippen LogP contribution in [0.25, 0.3) is 17.1 Å². The highest BCUT2D eigenvalue weighted by molar-refractivity contribution is 8.15. The SMILES string of the molecule is CC(NNC(=S)N=C1SCC(=O)N1c1cc(Cl)ccc1C(F)(F)F)c1ccc(-c2ncn(-c3ccc(OC(F)(F)C(F)(F)F)cc3)n2)cc1. The number of hydrogen-bond acceptors (Lipinski definition) is 7. The minimum Gasteiger partial charge on any atom is -0.426 e. The number of carbonyl (C=O) groups is 1. The zero-order valence-corrected chi connectivity index (χ0v) is 26.9. The number of amides is 1. The van der Waals surface area contributed by atoms with E-state index in [0.29, 0.717) is 11.3 Å². The fraction of sp³-hybridized carbons (Fsp3) is 0.207. The molecule has 1 amide bonds. The van der Waals surface area contributed by atoms with E-state index in [2.05, 4.69) is 30.7 Å². The van der Waals surface area contributed by atoms with Crippen molar-refractivity contribution in [2.45, 2.75) is 31.4 Å². The molecule has 9 nitrogen and oxygen atoms in total. The average molecular weight is 750 g/mol. The third kappa shape index (κ3) is 8.28. The molecule has 49 heavy (non-hydrogen) atoms. The van der Waals surface area contributed by atoms with Gasteiger partial charge in [-0.15, -0.1) is 5.10 Å². The second-order valence-corrected chi connectivity index (χ2v) is 11.9. The van der Waals surface area contributed by atoms with Crippen LogP contribution < -0.4 is 20.5 Å². The van der Waals surface area contributed by atoms with Crippen LogP contribution >= 0.6 is 35.6 Å². The van der Waals surface area contributed by atoms with Gasteiger partial charge in [0.2, 0.25) is 11.0 Å². The Kier molecular flexibility index (Phi) is 10.2. The molecule has 4 aromatic rings. The number of thiocarbonyl (C=S) groups is 1. The first-order chi connectivity index (χ1) is 22.9. The number of ether oxygens (including phenoxy) is 1. The summed E-state index contributed by atoms with van der Waals surface area (Å²) in [6.07, 6.45) is -14.7. The van der Waals surface area contributed by atoms with E-state index in [4.69, 9.17) is 23.8 Å². The van der Waals surface area contributed by atoms with Crippen LogP contribution in [0.15, 0.2) is 78.0 Å². The van der Waals surface area contributed by atoms with Gasteiger partial charge in [-0.25, -0.2) is 15.1 Å². The predicted molar refractivity (Wildman–Crippen MR) is 170 cm³/mol. The van der Waals surface area contributed by atoms with Crippen LogP contribution in [0, 0.1) is 0 Å². The summed E-state index contributed by atoms with van der Waals surface area (Å²) >= 11 is 12.1. The molecule has 0 saturated carbocycles. The average Bonchev–Trinajstić information content (AvgIpc) is 3.66. The number of nitrogens with one attached hydrogen (secondary N) is 2. The number of carbonyl (C=O) groups excluding carboxylic acids is 1. The number of hydrogen-bond donors (Lipinski definition) is 2. The van der Waals surface area contributed by atoms with Crippen molar-refractivity contribution in [3.63, 3.8) is 0 Å². The summed E-state index contributed by atoms with van der Waals surface area (Å²) < 4.78 is 110. The predicted octanol–water partition coefficient (Wildman–Crippen LogP) is 7.72. The molecule has 1 unspecified atom stereocenters. The molecule has 1 aliphatic rings. The molecule has 1 saturated heterocycles. The molecule has 20 heteroatoms. The van der Waals surface area contributed by atoms with Gasteiger partial charge < -0.3 is 4.74 Å². The maximum Gasteiger partial charge on any atom is 0.499 e. The van der Waals surface area contributed by atoms with Gasteiger partial charge >= 0.3 is 18.5 Å². The van der Waals surface area contributed by atoms with Crippen LogP contribution in [0.2, 0.25) is 5.02 Å². The van der Waals surface area contributed by atoms with Gasteiger partial charge in [-0.05, 0) is 67.2 Å². The van der Waals surface area contributed by atoms with E-state index in [1.165, 1.54) is 23.1 Å². The Morgan fingerprint density at radius 3 is 2.33 bits per heavy atom. The molecular weight excluding hydrogens is 730 g/mol. The number of hydrazine groups is 1. The second-order valence-electron chi connectivity index (χ2n) is 10.1. The van der Waals surface area contributed by atoms with Crippen molar-refractivity contribution in [3.05, 3.63) is 89.2 Å². The van der Waals surface area contributed by atoms with Gasteiger partial charge in [0, 0.05) is 16.6 Å². The highest BCUT2D eigenvalue weighted by atomic mass is 35.5. The minimum absolute atomic E-state index is 0.00126. The Hall–Kier alpha value is -4.33. The van der Waals surface area contributed by atoms with Crippen LogP contribution in [0.5, 0.6) is 5.75 Å². The van der Waals surface area contributed by atoms with Crippen molar-refractivity contribution in [2.75, 3.05) is 10.7 Å². The smallest absolute Gasteiger partial charge is 0.426 e. The van der Waals surface area contributed by atoms with E-state index in [0.717, 1.165) is 52.6 Å². The zero-order chi connectivity index (χ0) is 35.7. The van der Waals surface area contributed by atoms with Crippen LogP contribution in [0.3, 0.4) is 0 Å². The summed E-state index contributed by atoms with van der Waals surface area (Å²) in [7, 11) is 0. The molecule has 0 bridgehead atoms. The molecule has 1 fully saturated rings. The number of alkyl halides is 8. The first-order valence-electron chi connectivity index (χ1n) is 13.7. The van der Waals surface area contributed by atoms with Gasteiger partial charge in [-0.2, -0.15) is 40.1 Å². The monoisotopic (exact) mass is 749 g/mol. The Balaban J connectivity index is 1.20. The number of aromatic nitrogens is 3. The van der Waals surface area contributed by atoms with E-state index in [9.17, 15) is 39.9 Å².